The number of benzene rings is 1. The fraction of sp³-hybridized carbons (Fsp3) is 0.308. The lowest BCUT2D eigenvalue weighted by Crippen LogP contribution is -2.12. The molecule has 0 fully saturated rings. The quantitative estimate of drug-likeness (QED) is 0.709. The molecular formula is C13H16N2. The van der Waals surface area contributed by atoms with Crippen molar-refractivity contribution in [1.82, 2.24) is 4.98 Å². The van der Waals surface area contributed by atoms with Gasteiger partial charge >= 0.3 is 0 Å². The summed E-state index contributed by atoms with van der Waals surface area (Å²) in [6, 6.07) is 10.1. The van der Waals surface area contributed by atoms with Crippen LogP contribution in [0.5, 0.6) is 0 Å². The number of aromatic nitrogens is 1. The third-order valence-corrected chi connectivity index (χ3v) is 2.55. The Labute approximate surface area is 90.1 Å². The smallest absolute Gasteiger partial charge is 0.124 e. The minimum atomic E-state index is 0.0975. The van der Waals surface area contributed by atoms with Crippen LogP contribution in [0.3, 0.4) is 0 Å². The van der Waals surface area contributed by atoms with Gasteiger partial charge in [-0.1, -0.05) is 39.0 Å². The van der Waals surface area contributed by atoms with Gasteiger partial charge in [0.1, 0.15) is 5.82 Å². The number of nitrogens with two attached hydrogens (primary N) is 1. The Kier molecular flexibility index (Phi) is 2.14. The highest BCUT2D eigenvalue weighted by Crippen LogP contribution is 2.28. The highest BCUT2D eigenvalue weighted by Gasteiger charge is 2.17. The molecule has 2 N–H and O–H groups in total. The van der Waals surface area contributed by atoms with Gasteiger partial charge in [-0.15, -0.1) is 0 Å². The van der Waals surface area contributed by atoms with Gasteiger partial charge in [-0.25, -0.2) is 4.98 Å². The van der Waals surface area contributed by atoms with Crippen molar-refractivity contribution in [3.05, 3.63) is 35.9 Å². The van der Waals surface area contributed by atoms with E-state index in [1.807, 2.05) is 12.1 Å². The zero-order valence-corrected chi connectivity index (χ0v) is 9.41. The van der Waals surface area contributed by atoms with Crippen molar-refractivity contribution in [2.24, 2.45) is 0 Å². The lowest BCUT2D eigenvalue weighted by atomic mass is 9.85. The third kappa shape index (κ3) is 1.80. The summed E-state index contributed by atoms with van der Waals surface area (Å²) in [4.78, 5) is 4.42. The fourth-order valence-corrected chi connectivity index (χ4v) is 1.77. The molecule has 15 heavy (non-hydrogen) atoms. The second-order valence-corrected chi connectivity index (χ2v) is 4.86. The summed E-state index contributed by atoms with van der Waals surface area (Å²) in [6.45, 7) is 6.56. The molecular weight excluding hydrogens is 184 g/mol. The lowest BCUT2D eigenvalue weighted by Gasteiger charge is -2.20. The van der Waals surface area contributed by atoms with Crippen molar-refractivity contribution >= 4 is 16.7 Å². The summed E-state index contributed by atoms with van der Waals surface area (Å²) in [5.41, 5.74) is 8.08. The van der Waals surface area contributed by atoms with Crippen LogP contribution in [-0.2, 0) is 5.41 Å². The molecule has 1 heterocycles. The topological polar surface area (TPSA) is 38.9 Å². The van der Waals surface area contributed by atoms with Crippen molar-refractivity contribution in [3.63, 3.8) is 0 Å². The summed E-state index contributed by atoms with van der Waals surface area (Å²) < 4.78 is 0. The number of fused-ring (bicyclic) bond motifs is 1. The molecule has 1 aromatic heterocycles. The molecule has 78 valence electrons. The van der Waals surface area contributed by atoms with Gasteiger partial charge in [0, 0.05) is 5.39 Å². The zero-order valence-electron chi connectivity index (χ0n) is 9.41. The maximum Gasteiger partial charge on any atom is 0.124 e. The number of nitrogens with zero attached hydrogens (tertiary/aromatic N) is 1. The van der Waals surface area contributed by atoms with E-state index in [2.05, 4.69) is 44.0 Å². The molecule has 0 saturated heterocycles. The summed E-state index contributed by atoms with van der Waals surface area (Å²) >= 11 is 0. The second kappa shape index (κ2) is 3.23. The van der Waals surface area contributed by atoms with Crippen molar-refractivity contribution in [2.45, 2.75) is 26.2 Å². The second-order valence-electron chi connectivity index (χ2n) is 4.86. The Bertz CT molecular complexity index is 495. The first-order valence-corrected chi connectivity index (χ1v) is 5.14. The SMILES string of the molecule is CC(C)(C)c1cccc2ccc(N)nc12. The molecule has 2 rings (SSSR count). The number of pyridine rings is 1. The molecule has 0 bridgehead atoms. The maximum atomic E-state index is 5.72. The first-order chi connectivity index (χ1) is 6.98. The van der Waals surface area contributed by atoms with Crippen LogP contribution in [0, 0.1) is 0 Å². The van der Waals surface area contributed by atoms with Gasteiger partial charge in [0.05, 0.1) is 5.52 Å². The van der Waals surface area contributed by atoms with Crippen molar-refractivity contribution < 1.29 is 0 Å². The summed E-state index contributed by atoms with van der Waals surface area (Å²) in [5.74, 6) is 0.583. The summed E-state index contributed by atoms with van der Waals surface area (Å²) in [7, 11) is 0. The van der Waals surface area contributed by atoms with Gasteiger partial charge in [0.15, 0.2) is 0 Å². The third-order valence-electron chi connectivity index (χ3n) is 2.55. The van der Waals surface area contributed by atoms with E-state index in [0.717, 1.165) is 10.9 Å². The minimum Gasteiger partial charge on any atom is -0.384 e. The van der Waals surface area contributed by atoms with Gasteiger partial charge in [0.2, 0.25) is 0 Å². The molecule has 2 heteroatoms. The van der Waals surface area contributed by atoms with Gasteiger partial charge in [0.25, 0.3) is 0 Å². The van der Waals surface area contributed by atoms with Crippen LogP contribution >= 0.6 is 0 Å². The first-order valence-electron chi connectivity index (χ1n) is 5.14. The number of anilines is 1. The van der Waals surface area contributed by atoms with Crippen LogP contribution in [-0.4, -0.2) is 4.98 Å². The highest BCUT2D eigenvalue weighted by molar-refractivity contribution is 5.84. The highest BCUT2D eigenvalue weighted by atomic mass is 14.8. The molecule has 0 spiro atoms. The van der Waals surface area contributed by atoms with Gasteiger partial charge in [-0.3, -0.25) is 0 Å². The Morgan fingerprint density at radius 3 is 2.47 bits per heavy atom. The van der Waals surface area contributed by atoms with E-state index in [1.54, 1.807) is 0 Å². The Balaban J connectivity index is 2.80. The maximum absolute atomic E-state index is 5.72. The Morgan fingerprint density at radius 1 is 1.07 bits per heavy atom. The lowest BCUT2D eigenvalue weighted by molar-refractivity contribution is 0.594. The molecule has 1 aromatic carbocycles. The molecule has 0 aliphatic heterocycles. The number of para-hydroxylation sites is 1. The molecule has 0 unspecified atom stereocenters. The van der Waals surface area contributed by atoms with Crippen LogP contribution in [0.25, 0.3) is 10.9 Å². The molecule has 0 aliphatic rings. The van der Waals surface area contributed by atoms with Crippen LogP contribution in [0.2, 0.25) is 0 Å². The molecule has 0 atom stereocenters. The average Bonchev–Trinajstić information content (AvgIpc) is 2.15. The largest absolute Gasteiger partial charge is 0.384 e. The molecule has 0 saturated carbocycles. The van der Waals surface area contributed by atoms with Crippen molar-refractivity contribution in [2.75, 3.05) is 5.73 Å². The van der Waals surface area contributed by atoms with Crippen LogP contribution in [0.1, 0.15) is 26.3 Å². The van der Waals surface area contributed by atoms with E-state index in [9.17, 15) is 0 Å². The monoisotopic (exact) mass is 200 g/mol. The fourth-order valence-electron chi connectivity index (χ4n) is 1.77. The van der Waals surface area contributed by atoms with E-state index < -0.39 is 0 Å². The standard InChI is InChI=1S/C13H16N2/c1-13(2,3)10-6-4-5-9-7-8-11(14)15-12(9)10/h4-8H,1-3H3,(H2,14,15). The first kappa shape index (κ1) is 9.97. The Morgan fingerprint density at radius 2 is 1.80 bits per heavy atom. The van der Waals surface area contributed by atoms with Crippen molar-refractivity contribution in [1.29, 1.82) is 0 Å². The van der Waals surface area contributed by atoms with Crippen LogP contribution < -0.4 is 5.73 Å². The van der Waals surface area contributed by atoms with E-state index in [0.29, 0.717) is 5.82 Å². The zero-order chi connectivity index (χ0) is 11.1. The van der Waals surface area contributed by atoms with E-state index >= 15 is 0 Å². The Hall–Kier alpha value is -1.57. The normalized spacial score (nSPS) is 11.9. The van der Waals surface area contributed by atoms with Crippen molar-refractivity contribution in [3.8, 4) is 0 Å². The molecule has 2 nitrogen and oxygen atoms in total. The molecule has 2 aromatic rings. The van der Waals surface area contributed by atoms with E-state index in [1.165, 1.54) is 5.56 Å². The molecule has 0 amide bonds. The number of hydrogen-bond donors (Lipinski definition) is 1. The van der Waals surface area contributed by atoms with Gasteiger partial charge in [-0.2, -0.15) is 0 Å². The van der Waals surface area contributed by atoms with Gasteiger partial charge in [-0.05, 0) is 23.1 Å². The molecule has 0 radical (unpaired) electrons. The van der Waals surface area contributed by atoms with Crippen LogP contribution in [0.4, 0.5) is 5.82 Å². The number of hydrogen-bond acceptors (Lipinski definition) is 2. The summed E-state index contributed by atoms with van der Waals surface area (Å²) in [5, 5.41) is 1.15. The van der Waals surface area contributed by atoms with E-state index in [4.69, 9.17) is 5.73 Å². The van der Waals surface area contributed by atoms with Crippen LogP contribution in [0.15, 0.2) is 30.3 Å². The van der Waals surface area contributed by atoms with E-state index in [-0.39, 0.29) is 5.41 Å². The minimum absolute atomic E-state index is 0.0975. The average molecular weight is 200 g/mol. The molecule has 0 aliphatic carbocycles. The van der Waals surface area contributed by atoms with Gasteiger partial charge < -0.3 is 5.73 Å². The number of rotatable bonds is 0. The predicted octanol–water partition coefficient (Wildman–Crippen LogP) is 3.11. The number of nitrogen functional groups attached to an aromatic ring is 1. The predicted molar refractivity (Wildman–Crippen MR) is 64.9 cm³/mol. The summed E-state index contributed by atoms with van der Waals surface area (Å²) in [6.07, 6.45) is 0.